The van der Waals surface area contributed by atoms with Crippen LogP contribution in [0.3, 0.4) is 0 Å². The lowest BCUT2D eigenvalue weighted by Crippen LogP contribution is -2.38. The Morgan fingerprint density at radius 1 is 0.972 bits per heavy atom. The van der Waals surface area contributed by atoms with Crippen molar-refractivity contribution < 1.29 is 18.9 Å². The number of hydrogen-bond donors (Lipinski definition) is 1. The van der Waals surface area contributed by atoms with Gasteiger partial charge in [0.2, 0.25) is 0 Å². The third kappa shape index (κ3) is 4.89. The Morgan fingerprint density at radius 3 is 2.56 bits per heavy atom. The van der Waals surface area contributed by atoms with E-state index >= 15 is 0 Å². The molecule has 0 radical (unpaired) electrons. The summed E-state index contributed by atoms with van der Waals surface area (Å²) >= 11 is 0. The van der Waals surface area contributed by atoms with Crippen LogP contribution in [0.2, 0.25) is 0 Å². The van der Waals surface area contributed by atoms with Crippen molar-refractivity contribution in [2.24, 2.45) is 0 Å². The molecule has 2 aromatic carbocycles. The van der Waals surface area contributed by atoms with Gasteiger partial charge in [-0.2, -0.15) is 0 Å². The third-order valence-corrected chi connectivity index (χ3v) is 6.70. The van der Waals surface area contributed by atoms with Crippen LogP contribution in [0, 0.1) is 0 Å². The minimum atomic E-state index is 0.669. The van der Waals surface area contributed by atoms with E-state index in [1.165, 1.54) is 0 Å². The molecule has 0 atom stereocenters. The van der Waals surface area contributed by atoms with Gasteiger partial charge in [0, 0.05) is 32.7 Å². The quantitative estimate of drug-likeness (QED) is 0.358. The number of anilines is 1. The zero-order valence-corrected chi connectivity index (χ0v) is 21.1. The largest absolute Gasteiger partial charge is 0.496 e. The van der Waals surface area contributed by atoms with Gasteiger partial charge in [-0.3, -0.25) is 4.90 Å². The SMILES string of the molecule is COc1ccc(CN(CCCN2CCOCC2)c2ncnc3c2[nH]c2cccc(OC)c23)cc1OC. The number of benzene rings is 2. The number of H-pyrrole nitrogens is 1. The average molecular weight is 492 g/mol. The molecule has 1 aliphatic heterocycles. The summed E-state index contributed by atoms with van der Waals surface area (Å²) < 4.78 is 22.1. The number of methoxy groups -OCH3 is 3. The smallest absolute Gasteiger partial charge is 0.161 e. The Hall–Kier alpha value is -3.56. The van der Waals surface area contributed by atoms with E-state index in [1.54, 1.807) is 27.7 Å². The van der Waals surface area contributed by atoms with E-state index in [9.17, 15) is 0 Å². The number of nitrogens with one attached hydrogen (secondary N) is 1. The number of fused-ring (bicyclic) bond motifs is 3. The van der Waals surface area contributed by atoms with E-state index in [4.69, 9.17) is 23.9 Å². The number of ether oxygens (including phenoxy) is 4. The fourth-order valence-electron chi connectivity index (χ4n) is 4.87. The highest BCUT2D eigenvalue weighted by Gasteiger charge is 2.20. The number of rotatable bonds is 10. The molecule has 0 aliphatic carbocycles. The summed E-state index contributed by atoms with van der Waals surface area (Å²) in [5.74, 6) is 3.09. The average Bonchev–Trinajstić information content (AvgIpc) is 3.32. The number of nitrogens with zero attached hydrogens (tertiary/aromatic N) is 4. The molecule has 0 spiro atoms. The van der Waals surface area contributed by atoms with Crippen molar-refractivity contribution in [3.8, 4) is 17.2 Å². The van der Waals surface area contributed by atoms with Gasteiger partial charge in [0.15, 0.2) is 17.3 Å². The van der Waals surface area contributed by atoms with Gasteiger partial charge < -0.3 is 28.8 Å². The fraction of sp³-hybridized carbons (Fsp3) is 0.407. The van der Waals surface area contributed by atoms with Crippen molar-refractivity contribution in [3.63, 3.8) is 0 Å². The van der Waals surface area contributed by atoms with Gasteiger partial charge >= 0.3 is 0 Å². The van der Waals surface area contributed by atoms with Gasteiger partial charge in [-0.05, 0) is 36.2 Å². The van der Waals surface area contributed by atoms with Crippen LogP contribution in [0.4, 0.5) is 5.82 Å². The van der Waals surface area contributed by atoms with E-state index in [1.807, 2.05) is 30.3 Å². The lowest BCUT2D eigenvalue weighted by Gasteiger charge is -2.29. The van der Waals surface area contributed by atoms with E-state index in [2.05, 4.69) is 25.8 Å². The van der Waals surface area contributed by atoms with Crippen molar-refractivity contribution in [2.75, 3.05) is 65.6 Å². The highest BCUT2D eigenvalue weighted by molar-refractivity contribution is 6.11. The van der Waals surface area contributed by atoms with E-state index < -0.39 is 0 Å². The standard InChI is InChI=1S/C27H33N5O4/c1-33-21-9-8-19(16-23(21)35-3)17-32(11-5-10-31-12-14-36-15-13-31)27-26-25(28-18-29-27)24-20(30-26)6-4-7-22(24)34-2/h4,6-9,16,18,30H,5,10-15,17H2,1-3H3. The molecule has 0 saturated carbocycles. The van der Waals surface area contributed by atoms with Crippen molar-refractivity contribution in [1.29, 1.82) is 0 Å². The van der Waals surface area contributed by atoms with E-state index in [0.717, 1.165) is 84.9 Å². The van der Waals surface area contributed by atoms with Crippen LogP contribution in [-0.2, 0) is 11.3 Å². The van der Waals surface area contributed by atoms with Gasteiger partial charge in [0.05, 0.1) is 45.4 Å². The normalized spacial score (nSPS) is 14.3. The highest BCUT2D eigenvalue weighted by Crippen LogP contribution is 2.35. The van der Waals surface area contributed by atoms with Crippen LogP contribution < -0.4 is 19.1 Å². The van der Waals surface area contributed by atoms with Crippen LogP contribution in [-0.4, -0.2) is 80.6 Å². The Bertz CT molecular complexity index is 1320. The predicted octanol–water partition coefficient (Wildman–Crippen LogP) is 3.87. The topological polar surface area (TPSA) is 85.0 Å². The van der Waals surface area contributed by atoms with Crippen molar-refractivity contribution in [2.45, 2.75) is 13.0 Å². The maximum atomic E-state index is 5.63. The van der Waals surface area contributed by atoms with Crippen LogP contribution in [0.1, 0.15) is 12.0 Å². The monoisotopic (exact) mass is 491 g/mol. The van der Waals surface area contributed by atoms with E-state index in [-0.39, 0.29) is 0 Å². The molecule has 0 bridgehead atoms. The summed E-state index contributed by atoms with van der Waals surface area (Å²) in [4.78, 5) is 17.7. The summed E-state index contributed by atoms with van der Waals surface area (Å²) in [6.45, 7) is 6.09. The molecule has 0 unspecified atom stereocenters. The first kappa shape index (κ1) is 24.1. The minimum Gasteiger partial charge on any atom is -0.496 e. The van der Waals surface area contributed by atoms with Gasteiger partial charge in [0.25, 0.3) is 0 Å². The molecule has 3 heterocycles. The van der Waals surface area contributed by atoms with Crippen LogP contribution in [0.15, 0.2) is 42.7 Å². The number of hydrogen-bond acceptors (Lipinski definition) is 8. The molecule has 2 aromatic heterocycles. The third-order valence-electron chi connectivity index (χ3n) is 6.70. The molecule has 5 rings (SSSR count). The summed E-state index contributed by atoms with van der Waals surface area (Å²) in [6, 6.07) is 12.0. The molecule has 0 amide bonds. The first-order valence-electron chi connectivity index (χ1n) is 12.3. The molecule has 1 aliphatic rings. The van der Waals surface area contributed by atoms with Gasteiger partial charge in [0.1, 0.15) is 23.1 Å². The maximum absolute atomic E-state index is 5.63. The molecule has 1 N–H and O–H groups in total. The Morgan fingerprint density at radius 2 is 1.78 bits per heavy atom. The second kappa shape index (κ2) is 11.0. The van der Waals surface area contributed by atoms with Crippen molar-refractivity contribution in [3.05, 3.63) is 48.3 Å². The molecular formula is C27H33N5O4. The molecule has 190 valence electrons. The highest BCUT2D eigenvalue weighted by atomic mass is 16.5. The fourth-order valence-corrected chi connectivity index (χ4v) is 4.87. The van der Waals surface area contributed by atoms with Gasteiger partial charge in [-0.25, -0.2) is 9.97 Å². The second-order valence-corrected chi connectivity index (χ2v) is 8.85. The molecule has 1 fully saturated rings. The lowest BCUT2D eigenvalue weighted by molar-refractivity contribution is 0.0376. The Balaban J connectivity index is 1.50. The number of aromatic amines is 1. The maximum Gasteiger partial charge on any atom is 0.161 e. The minimum absolute atomic E-state index is 0.669. The molecule has 9 nitrogen and oxygen atoms in total. The predicted molar refractivity (Wildman–Crippen MR) is 140 cm³/mol. The molecule has 9 heteroatoms. The van der Waals surface area contributed by atoms with Crippen LogP contribution in [0.5, 0.6) is 17.2 Å². The van der Waals surface area contributed by atoms with Gasteiger partial charge in [-0.15, -0.1) is 0 Å². The Labute approximate surface area is 210 Å². The number of aromatic nitrogens is 3. The molecule has 4 aromatic rings. The summed E-state index contributed by atoms with van der Waals surface area (Å²) in [7, 11) is 5.00. The molecule has 1 saturated heterocycles. The second-order valence-electron chi connectivity index (χ2n) is 8.85. The summed E-state index contributed by atoms with van der Waals surface area (Å²) in [5, 5.41) is 0.970. The summed E-state index contributed by atoms with van der Waals surface area (Å²) in [5.41, 5.74) is 3.85. The van der Waals surface area contributed by atoms with Crippen molar-refractivity contribution in [1.82, 2.24) is 19.9 Å². The first-order chi connectivity index (χ1) is 17.7. The van der Waals surface area contributed by atoms with Crippen molar-refractivity contribution >= 4 is 27.8 Å². The Kier molecular flexibility index (Phi) is 7.39. The molecule has 36 heavy (non-hydrogen) atoms. The first-order valence-corrected chi connectivity index (χ1v) is 12.3. The van der Waals surface area contributed by atoms with Gasteiger partial charge in [-0.1, -0.05) is 12.1 Å². The zero-order chi connectivity index (χ0) is 24.9. The van der Waals surface area contributed by atoms with Crippen LogP contribution >= 0.6 is 0 Å². The molecular weight excluding hydrogens is 458 g/mol. The zero-order valence-electron chi connectivity index (χ0n) is 21.1. The number of morpholine rings is 1. The van der Waals surface area contributed by atoms with Crippen LogP contribution in [0.25, 0.3) is 21.9 Å². The summed E-state index contributed by atoms with van der Waals surface area (Å²) in [6.07, 6.45) is 2.64. The lowest BCUT2D eigenvalue weighted by atomic mass is 10.1. The van der Waals surface area contributed by atoms with E-state index in [0.29, 0.717) is 18.0 Å².